The molecule has 0 radical (unpaired) electrons. The fourth-order valence-electron chi connectivity index (χ4n) is 1.59. The Hall–Kier alpha value is -0.180. The van der Waals surface area contributed by atoms with E-state index >= 15 is 0 Å². The standard InChI is InChI=1S/C15H24ClNS/c1-4-5-8-18-14-7-6-13(15(16)9-14)11-17-10-12(2)3/h6-7,9,12,17H,4-5,8,10-11H2,1-3H3. The van der Waals surface area contributed by atoms with Gasteiger partial charge in [-0.2, -0.15) is 0 Å². The molecular weight excluding hydrogens is 262 g/mol. The molecule has 0 unspecified atom stereocenters. The Kier molecular flexibility index (Phi) is 7.80. The summed E-state index contributed by atoms with van der Waals surface area (Å²) in [7, 11) is 0. The Bertz CT molecular complexity index is 352. The fourth-order valence-corrected chi connectivity index (χ4v) is 2.94. The minimum Gasteiger partial charge on any atom is -0.312 e. The highest BCUT2D eigenvalue weighted by atomic mass is 35.5. The maximum Gasteiger partial charge on any atom is 0.0462 e. The van der Waals surface area contributed by atoms with Gasteiger partial charge in [-0.15, -0.1) is 11.8 Å². The van der Waals surface area contributed by atoms with Crippen molar-refractivity contribution in [2.24, 2.45) is 5.92 Å². The van der Waals surface area contributed by atoms with E-state index in [4.69, 9.17) is 11.6 Å². The van der Waals surface area contributed by atoms with Crippen LogP contribution in [-0.4, -0.2) is 12.3 Å². The summed E-state index contributed by atoms with van der Waals surface area (Å²) in [4.78, 5) is 1.28. The Morgan fingerprint density at radius 3 is 2.72 bits per heavy atom. The van der Waals surface area contributed by atoms with Crippen molar-refractivity contribution in [3.05, 3.63) is 28.8 Å². The highest BCUT2D eigenvalue weighted by Gasteiger charge is 2.03. The molecule has 0 aliphatic heterocycles. The van der Waals surface area contributed by atoms with Gasteiger partial charge in [0.05, 0.1) is 0 Å². The minimum absolute atomic E-state index is 0.674. The molecule has 3 heteroatoms. The van der Waals surface area contributed by atoms with E-state index in [0.717, 1.165) is 18.1 Å². The summed E-state index contributed by atoms with van der Waals surface area (Å²) >= 11 is 8.20. The third-order valence-electron chi connectivity index (χ3n) is 2.66. The van der Waals surface area contributed by atoms with E-state index in [-0.39, 0.29) is 0 Å². The molecule has 0 aliphatic rings. The lowest BCUT2D eigenvalue weighted by Gasteiger charge is -2.10. The van der Waals surface area contributed by atoms with Crippen LogP contribution in [0.25, 0.3) is 0 Å². The molecule has 18 heavy (non-hydrogen) atoms. The Morgan fingerprint density at radius 1 is 1.33 bits per heavy atom. The van der Waals surface area contributed by atoms with Crippen LogP contribution >= 0.6 is 23.4 Å². The van der Waals surface area contributed by atoms with Crippen molar-refractivity contribution < 1.29 is 0 Å². The second kappa shape index (κ2) is 8.84. The molecule has 0 spiro atoms. The van der Waals surface area contributed by atoms with Crippen molar-refractivity contribution in [2.45, 2.75) is 45.1 Å². The lowest BCUT2D eigenvalue weighted by Crippen LogP contribution is -2.19. The molecule has 1 nitrogen and oxygen atoms in total. The van der Waals surface area contributed by atoms with Crippen LogP contribution < -0.4 is 5.32 Å². The topological polar surface area (TPSA) is 12.0 Å². The molecule has 0 heterocycles. The van der Waals surface area contributed by atoms with E-state index < -0.39 is 0 Å². The van der Waals surface area contributed by atoms with E-state index in [0.29, 0.717) is 5.92 Å². The first kappa shape index (κ1) is 15.9. The number of hydrogen-bond donors (Lipinski definition) is 1. The first-order valence-electron chi connectivity index (χ1n) is 6.75. The van der Waals surface area contributed by atoms with Gasteiger partial charge in [-0.05, 0) is 42.3 Å². The quantitative estimate of drug-likeness (QED) is 0.534. The number of unbranched alkanes of at least 4 members (excludes halogenated alkanes) is 1. The fraction of sp³-hybridized carbons (Fsp3) is 0.600. The maximum absolute atomic E-state index is 6.30. The van der Waals surface area contributed by atoms with Crippen LogP contribution in [0.2, 0.25) is 5.02 Å². The predicted octanol–water partition coefficient (Wildman–Crippen LogP) is 4.98. The molecule has 1 aromatic rings. The zero-order valence-electron chi connectivity index (χ0n) is 11.6. The van der Waals surface area contributed by atoms with Gasteiger partial charge in [-0.25, -0.2) is 0 Å². The van der Waals surface area contributed by atoms with Gasteiger partial charge in [0.15, 0.2) is 0 Å². The van der Waals surface area contributed by atoms with Gasteiger partial charge in [0.1, 0.15) is 0 Å². The van der Waals surface area contributed by atoms with Gasteiger partial charge < -0.3 is 5.32 Å². The highest BCUT2D eigenvalue weighted by molar-refractivity contribution is 7.99. The van der Waals surface area contributed by atoms with E-state index in [1.165, 1.54) is 29.1 Å². The molecule has 1 aromatic carbocycles. The van der Waals surface area contributed by atoms with Crippen LogP contribution in [0.15, 0.2) is 23.1 Å². The molecule has 0 bridgehead atoms. The molecule has 102 valence electrons. The van der Waals surface area contributed by atoms with E-state index in [9.17, 15) is 0 Å². The molecular formula is C15H24ClNS. The third kappa shape index (κ3) is 6.12. The number of hydrogen-bond acceptors (Lipinski definition) is 2. The first-order chi connectivity index (χ1) is 8.63. The second-order valence-corrected chi connectivity index (χ2v) is 6.56. The van der Waals surface area contributed by atoms with Crippen LogP contribution in [0.3, 0.4) is 0 Å². The largest absolute Gasteiger partial charge is 0.312 e. The van der Waals surface area contributed by atoms with Crippen LogP contribution in [0, 0.1) is 5.92 Å². The molecule has 0 aromatic heterocycles. The average Bonchev–Trinajstić information content (AvgIpc) is 2.32. The summed E-state index contributed by atoms with van der Waals surface area (Å²) in [6.45, 7) is 8.53. The third-order valence-corrected chi connectivity index (χ3v) is 4.09. The molecule has 0 saturated heterocycles. The molecule has 0 fully saturated rings. The van der Waals surface area contributed by atoms with Crippen LogP contribution in [0.4, 0.5) is 0 Å². The predicted molar refractivity (Wildman–Crippen MR) is 83.6 cm³/mol. The van der Waals surface area contributed by atoms with E-state index in [1.807, 2.05) is 11.8 Å². The van der Waals surface area contributed by atoms with Gasteiger partial charge in [-0.1, -0.05) is 44.9 Å². The van der Waals surface area contributed by atoms with Gasteiger partial charge >= 0.3 is 0 Å². The Balaban J connectivity index is 2.46. The van der Waals surface area contributed by atoms with Gasteiger partial charge in [-0.3, -0.25) is 0 Å². The summed E-state index contributed by atoms with van der Waals surface area (Å²) in [5.41, 5.74) is 1.19. The lowest BCUT2D eigenvalue weighted by molar-refractivity contribution is 0.552. The van der Waals surface area contributed by atoms with Crippen molar-refractivity contribution in [3.63, 3.8) is 0 Å². The summed E-state index contributed by atoms with van der Waals surface area (Å²) < 4.78 is 0. The molecule has 1 rings (SSSR count). The molecule has 0 atom stereocenters. The molecule has 0 amide bonds. The normalized spacial score (nSPS) is 11.2. The zero-order valence-corrected chi connectivity index (χ0v) is 13.2. The van der Waals surface area contributed by atoms with Crippen molar-refractivity contribution in [1.82, 2.24) is 5.32 Å². The minimum atomic E-state index is 0.674. The van der Waals surface area contributed by atoms with Crippen LogP contribution in [-0.2, 0) is 6.54 Å². The van der Waals surface area contributed by atoms with E-state index in [2.05, 4.69) is 44.3 Å². The first-order valence-corrected chi connectivity index (χ1v) is 8.11. The number of halogens is 1. The Morgan fingerprint density at radius 2 is 2.11 bits per heavy atom. The van der Waals surface area contributed by atoms with Crippen molar-refractivity contribution in [1.29, 1.82) is 0 Å². The average molecular weight is 286 g/mol. The van der Waals surface area contributed by atoms with Gasteiger partial charge in [0, 0.05) is 16.5 Å². The lowest BCUT2D eigenvalue weighted by atomic mass is 10.2. The number of benzene rings is 1. The SMILES string of the molecule is CCCCSc1ccc(CNCC(C)C)c(Cl)c1. The van der Waals surface area contributed by atoms with Crippen molar-refractivity contribution in [3.8, 4) is 0 Å². The second-order valence-electron chi connectivity index (χ2n) is 4.98. The number of thioether (sulfide) groups is 1. The molecule has 1 N–H and O–H groups in total. The van der Waals surface area contributed by atoms with Gasteiger partial charge in [0.25, 0.3) is 0 Å². The van der Waals surface area contributed by atoms with Crippen LogP contribution in [0.5, 0.6) is 0 Å². The zero-order chi connectivity index (χ0) is 13.4. The summed E-state index contributed by atoms with van der Waals surface area (Å²) in [5.74, 6) is 1.85. The molecule has 0 aliphatic carbocycles. The summed E-state index contributed by atoms with van der Waals surface area (Å²) in [6, 6.07) is 6.41. The monoisotopic (exact) mass is 285 g/mol. The van der Waals surface area contributed by atoms with Crippen LogP contribution in [0.1, 0.15) is 39.2 Å². The van der Waals surface area contributed by atoms with E-state index in [1.54, 1.807) is 0 Å². The molecule has 0 saturated carbocycles. The van der Waals surface area contributed by atoms with Crippen molar-refractivity contribution in [2.75, 3.05) is 12.3 Å². The highest BCUT2D eigenvalue weighted by Crippen LogP contribution is 2.25. The van der Waals surface area contributed by atoms with Crippen molar-refractivity contribution >= 4 is 23.4 Å². The van der Waals surface area contributed by atoms with Gasteiger partial charge in [0.2, 0.25) is 0 Å². The smallest absolute Gasteiger partial charge is 0.0462 e. The summed E-state index contributed by atoms with van der Waals surface area (Å²) in [6.07, 6.45) is 2.51. The summed E-state index contributed by atoms with van der Waals surface area (Å²) in [5, 5.41) is 4.30. The number of nitrogens with one attached hydrogen (secondary N) is 1. The Labute approximate surface area is 121 Å². The maximum atomic E-state index is 6.30. The number of rotatable bonds is 8.